The highest BCUT2D eigenvalue weighted by atomic mass is 16.5. The summed E-state index contributed by atoms with van der Waals surface area (Å²) in [5.41, 5.74) is 1.13. The molecular weight excluding hydrogens is 280 g/mol. The highest BCUT2D eigenvalue weighted by molar-refractivity contribution is 5.76. The molecule has 0 radical (unpaired) electrons. The Morgan fingerprint density at radius 1 is 1.32 bits per heavy atom. The topological polar surface area (TPSA) is 53.0 Å². The van der Waals surface area contributed by atoms with Crippen molar-refractivity contribution in [2.24, 2.45) is 0 Å². The molecule has 1 aromatic rings. The lowest BCUT2D eigenvalue weighted by molar-refractivity contribution is -0.133. The predicted octanol–water partition coefficient (Wildman–Crippen LogP) is 1.15. The van der Waals surface area contributed by atoms with Gasteiger partial charge in [-0.15, -0.1) is 0 Å². The van der Waals surface area contributed by atoms with E-state index in [-0.39, 0.29) is 12.0 Å². The highest BCUT2D eigenvalue weighted by Gasteiger charge is 2.21. The number of methoxy groups -OCH3 is 1. The number of piperazine rings is 1. The van der Waals surface area contributed by atoms with Gasteiger partial charge in [-0.3, -0.25) is 9.69 Å². The molecule has 5 nitrogen and oxygen atoms in total. The Bertz CT molecular complexity index is 483. The third kappa shape index (κ3) is 5.00. The van der Waals surface area contributed by atoms with Crippen LogP contribution < -0.4 is 4.74 Å². The summed E-state index contributed by atoms with van der Waals surface area (Å²) in [5.74, 6) is 1.04. The molecule has 1 heterocycles. The van der Waals surface area contributed by atoms with E-state index in [1.165, 1.54) is 0 Å². The van der Waals surface area contributed by atoms with Crippen LogP contribution in [0.3, 0.4) is 0 Å². The van der Waals surface area contributed by atoms with Gasteiger partial charge in [0.25, 0.3) is 0 Å². The minimum atomic E-state index is -0.310. The van der Waals surface area contributed by atoms with Crippen molar-refractivity contribution in [2.45, 2.75) is 25.9 Å². The monoisotopic (exact) mass is 306 g/mol. The van der Waals surface area contributed by atoms with Crippen molar-refractivity contribution in [1.82, 2.24) is 9.80 Å². The van der Waals surface area contributed by atoms with Gasteiger partial charge in [-0.25, -0.2) is 0 Å². The molecule has 1 N–H and O–H groups in total. The van der Waals surface area contributed by atoms with Gasteiger partial charge < -0.3 is 14.7 Å². The van der Waals surface area contributed by atoms with E-state index in [0.29, 0.717) is 13.0 Å². The Morgan fingerprint density at radius 3 is 2.68 bits per heavy atom. The molecule has 1 aliphatic heterocycles. The Hall–Kier alpha value is -1.59. The number of carbonyl (C=O) groups is 1. The van der Waals surface area contributed by atoms with Crippen molar-refractivity contribution in [1.29, 1.82) is 0 Å². The predicted molar refractivity (Wildman–Crippen MR) is 86.0 cm³/mol. The van der Waals surface area contributed by atoms with E-state index in [1.807, 2.05) is 29.2 Å². The second-order valence-electron chi connectivity index (χ2n) is 5.88. The largest absolute Gasteiger partial charge is 0.497 e. The van der Waals surface area contributed by atoms with Crippen molar-refractivity contribution >= 4 is 5.91 Å². The third-order valence-corrected chi connectivity index (χ3v) is 4.01. The zero-order chi connectivity index (χ0) is 15.9. The van der Waals surface area contributed by atoms with Crippen molar-refractivity contribution in [2.75, 3.05) is 39.8 Å². The fourth-order valence-corrected chi connectivity index (χ4v) is 2.79. The molecule has 1 atom stereocenters. The number of aliphatic hydroxyl groups is 1. The standard InChI is InChI=1S/C17H26N2O3/c1-14(20)13-18-8-10-19(11-9-18)17(21)7-6-15-4-3-5-16(12-15)22-2/h3-5,12,14,20H,6-11,13H2,1-2H3/t14-/m1/s1. The minimum Gasteiger partial charge on any atom is -0.497 e. The third-order valence-electron chi connectivity index (χ3n) is 4.01. The van der Waals surface area contributed by atoms with Crippen LogP contribution in [-0.4, -0.2) is 66.8 Å². The number of hydrogen-bond acceptors (Lipinski definition) is 4. The summed E-state index contributed by atoms with van der Waals surface area (Å²) >= 11 is 0. The molecule has 122 valence electrons. The number of ether oxygens (including phenoxy) is 1. The number of aliphatic hydroxyl groups excluding tert-OH is 1. The van der Waals surface area contributed by atoms with Gasteiger partial charge in [-0.2, -0.15) is 0 Å². The van der Waals surface area contributed by atoms with E-state index in [0.717, 1.165) is 43.9 Å². The van der Waals surface area contributed by atoms with E-state index in [4.69, 9.17) is 4.74 Å². The van der Waals surface area contributed by atoms with Crippen molar-refractivity contribution in [3.8, 4) is 5.75 Å². The van der Waals surface area contributed by atoms with Crippen molar-refractivity contribution < 1.29 is 14.6 Å². The zero-order valence-corrected chi connectivity index (χ0v) is 13.5. The molecular formula is C17H26N2O3. The summed E-state index contributed by atoms with van der Waals surface area (Å²) in [6.45, 7) is 5.68. The molecule has 2 rings (SSSR count). The number of rotatable bonds is 6. The quantitative estimate of drug-likeness (QED) is 0.857. The van der Waals surface area contributed by atoms with E-state index in [2.05, 4.69) is 4.90 Å². The average molecular weight is 306 g/mol. The van der Waals surface area contributed by atoms with Crippen LogP contribution in [0.1, 0.15) is 18.9 Å². The number of aryl methyl sites for hydroxylation is 1. The number of nitrogens with zero attached hydrogens (tertiary/aromatic N) is 2. The molecule has 0 aromatic heterocycles. The molecule has 1 saturated heterocycles. The average Bonchev–Trinajstić information content (AvgIpc) is 2.53. The zero-order valence-electron chi connectivity index (χ0n) is 13.5. The summed E-state index contributed by atoms with van der Waals surface area (Å²) in [6, 6.07) is 7.87. The number of amides is 1. The van der Waals surface area contributed by atoms with Gasteiger partial charge in [0, 0.05) is 39.1 Å². The second-order valence-corrected chi connectivity index (χ2v) is 5.88. The highest BCUT2D eigenvalue weighted by Crippen LogP contribution is 2.14. The normalized spacial score (nSPS) is 17.3. The first kappa shape index (κ1) is 16.8. The first-order valence-electron chi connectivity index (χ1n) is 7.89. The van der Waals surface area contributed by atoms with Crippen LogP contribution in [-0.2, 0) is 11.2 Å². The van der Waals surface area contributed by atoms with Gasteiger partial charge in [0.15, 0.2) is 0 Å². The Balaban J connectivity index is 1.76. The van der Waals surface area contributed by atoms with Crippen LogP contribution in [0.25, 0.3) is 0 Å². The van der Waals surface area contributed by atoms with E-state index in [1.54, 1.807) is 14.0 Å². The van der Waals surface area contributed by atoms with Crippen LogP contribution in [0.15, 0.2) is 24.3 Å². The summed E-state index contributed by atoms with van der Waals surface area (Å²) in [4.78, 5) is 16.4. The summed E-state index contributed by atoms with van der Waals surface area (Å²) in [7, 11) is 1.65. The van der Waals surface area contributed by atoms with Gasteiger partial charge in [-0.05, 0) is 31.0 Å². The van der Waals surface area contributed by atoms with Crippen LogP contribution >= 0.6 is 0 Å². The SMILES string of the molecule is COc1cccc(CCC(=O)N2CCN(C[C@@H](C)O)CC2)c1. The minimum absolute atomic E-state index is 0.208. The molecule has 0 bridgehead atoms. The molecule has 1 amide bonds. The van der Waals surface area contributed by atoms with Gasteiger partial charge in [0.2, 0.25) is 5.91 Å². The first-order valence-corrected chi connectivity index (χ1v) is 7.89. The molecule has 1 fully saturated rings. The smallest absolute Gasteiger partial charge is 0.222 e. The summed E-state index contributed by atoms with van der Waals surface area (Å²) < 4.78 is 5.20. The maximum absolute atomic E-state index is 12.3. The Kier molecular flexibility index (Phi) is 6.21. The summed E-state index contributed by atoms with van der Waals surface area (Å²) in [6.07, 6.45) is 0.961. The van der Waals surface area contributed by atoms with E-state index in [9.17, 15) is 9.90 Å². The molecule has 22 heavy (non-hydrogen) atoms. The molecule has 0 aliphatic carbocycles. The fraction of sp³-hybridized carbons (Fsp3) is 0.588. The van der Waals surface area contributed by atoms with E-state index >= 15 is 0 Å². The summed E-state index contributed by atoms with van der Waals surface area (Å²) in [5, 5.41) is 9.40. The molecule has 0 saturated carbocycles. The van der Waals surface area contributed by atoms with Crippen molar-refractivity contribution in [3.63, 3.8) is 0 Å². The first-order chi connectivity index (χ1) is 10.6. The lowest BCUT2D eigenvalue weighted by atomic mass is 10.1. The molecule has 0 spiro atoms. The lowest BCUT2D eigenvalue weighted by Crippen LogP contribution is -2.50. The molecule has 5 heteroatoms. The number of hydrogen-bond donors (Lipinski definition) is 1. The van der Waals surface area contributed by atoms with Gasteiger partial charge in [0.05, 0.1) is 13.2 Å². The van der Waals surface area contributed by atoms with Crippen LogP contribution in [0.2, 0.25) is 0 Å². The number of benzene rings is 1. The maximum Gasteiger partial charge on any atom is 0.222 e. The van der Waals surface area contributed by atoms with Gasteiger partial charge >= 0.3 is 0 Å². The van der Waals surface area contributed by atoms with Crippen LogP contribution in [0, 0.1) is 0 Å². The van der Waals surface area contributed by atoms with Crippen molar-refractivity contribution in [3.05, 3.63) is 29.8 Å². The maximum atomic E-state index is 12.3. The molecule has 0 unspecified atom stereocenters. The second kappa shape index (κ2) is 8.15. The lowest BCUT2D eigenvalue weighted by Gasteiger charge is -2.35. The Labute approximate surface area is 132 Å². The number of β-amino-alcohol motifs (C(OH)–C–C–N with tert-alkyl or cyclic N) is 1. The fourth-order valence-electron chi connectivity index (χ4n) is 2.79. The van der Waals surface area contributed by atoms with Crippen LogP contribution in [0.5, 0.6) is 5.75 Å². The van der Waals surface area contributed by atoms with Crippen LogP contribution in [0.4, 0.5) is 0 Å². The molecule has 1 aromatic carbocycles. The Morgan fingerprint density at radius 2 is 2.05 bits per heavy atom. The van der Waals surface area contributed by atoms with Gasteiger partial charge in [-0.1, -0.05) is 12.1 Å². The van der Waals surface area contributed by atoms with Gasteiger partial charge in [0.1, 0.15) is 5.75 Å². The molecule has 1 aliphatic rings. The van der Waals surface area contributed by atoms with E-state index < -0.39 is 0 Å². The number of carbonyl (C=O) groups excluding carboxylic acids is 1.